The highest BCUT2D eigenvalue weighted by Crippen LogP contribution is 2.36. The van der Waals surface area contributed by atoms with Gasteiger partial charge in [-0.15, -0.1) is 0 Å². The first-order valence-corrected chi connectivity index (χ1v) is 11.9. The molecule has 1 aromatic heterocycles. The zero-order valence-corrected chi connectivity index (χ0v) is 18.9. The Morgan fingerprint density at radius 2 is 1.63 bits per heavy atom. The van der Waals surface area contributed by atoms with Crippen LogP contribution in [0.2, 0.25) is 0 Å². The predicted octanol–water partition coefficient (Wildman–Crippen LogP) is 7.13. The lowest BCUT2D eigenvalue weighted by atomic mass is 9.78. The van der Waals surface area contributed by atoms with Gasteiger partial charge in [-0.3, -0.25) is 0 Å². The first kappa shape index (κ1) is 22.7. The van der Waals surface area contributed by atoms with Crippen molar-refractivity contribution in [3.05, 3.63) is 59.9 Å². The molecule has 0 N–H and O–H groups in total. The van der Waals surface area contributed by atoms with Crippen LogP contribution >= 0.6 is 0 Å². The molecule has 1 saturated carbocycles. The summed E-state index contributed by atoms with van der Waals surface area (Å²) in [6.45, 7) is 2.98. The maximum Gasteiger partial charge on any atom is 0.159 e. The minimum atomic E-state index is 0.683. The molecular formula is C27H38N2O. The minimum Gasteiger partial charge on any atom is -0.381 e. The molecule has 0 bridgehead atoms. The lowest BCUT2D eigenvalue weighted by Crippen LogP contribution is -2.11. The van der Waals surface area contributed by atoms with Crippen LogP contribution in [0.1, 0.15) is 81.8 Å². The van der Waals surface area contributed by atoms with E-state index in [0.717, 1.165) is 24.4 Å². The number of nitrogens with zero attached hydrogens (tertiary/aromatic N) is 2. The van der Waals surface area contributed by atoms with E-state index in [1.54, 1.807) is 7.11 Å². The summed E-state index contributed by atoms with van der Waals surface area (Å²) >= 11 is 0. The molecule has 30 heavy (non-hydrogen) atoms. The van der Waals surface area contributed by atoms with Crippen molar-refractivity contribution in [2.24, 2.45) is 5.92 Å². The van der Waals surface area contributed by atoms with Crippen LogP contribution in [0.5, 0.6) is 0 Å². The van der Waals surface area contributed by atoms with Crippen molar-refractivity contribution in [2.45, 2.75) is 77.0 Å². The molecule has 0 atom stereocenters. The summed E-state index contributed by atoms with van der Waals surface area (Å²) < 4.78 is 5.11. The summed E-state index contributed by atoms with van der Waals surface area (Å²) in [4.78, 5) is 9.25. The number of hydrogen-bond donors (Lipinski definition) is 0. The number of unbranched alkanes of at least 4 members (excludes halogenated alkanes) is 4. The second-order valence-electron chi connectivity index (χ2n) is 8.70. The molecule has 0 unspecified atom stereocenters. The molecule has 1 aliphatic carbocycles. The fourth-order valence-corrected chi connectivity index (χ4v) is 4.46. The van der Waals surface area contributed by atoms with Crippen LogP contribution in [0.4, 0.5) is 0 Å². The summed E-state index contributed by atoms with van der Waals surface area (Å²) in [5.74, 6) is 2.24. The Bertz CT molecular complexity index is 743. The fourth-order valence-electron chi connectivity index (χ4n) is 4.46. The quantitative estimate of drug-likeness (QED) is 0.294. The summed E-state index contributed by atoms with van der Waals surface area (Å²) in [6, 6.07) is 8.96. The first-order valence-electron chi connectivity index (χ1n) is 11.9. The van der Waals surface area contributed by atoms with Gasteiger partial charge in [-0.2, -0.15) is 0 Å². The van der Waals surface area contributed by atoms with Crippen molar-refractivity contribution in [3.8, 4) is 11.4 Å². The van der Waals surface area contributed by atoms with Crippen LogP contribution in [0.25, 0.3) is 11.4 Å². The molecule has 1 heterocycles. The molecule has 0 spiro atoms. The Kier molecular flexibility index (Phi) is 9.56. The Balaban J connectivity index is 1.48. The smallest absolute Gasteiger partial charge is 0.159 e. The van der Waals surface area contributed by atoms with Crippen molar-refractivity contribution in [1.82, 2.24) is 9.97 Å². The summed E-state index contributed by atoms with van der Waals surface area (Å²) in [6.07, 6.45) is 21.2. The largest absolute Gasteiger partial charge is 0.381 e. The average Bonchev–Trinajstić information content (AvgIpc) is 2.80. The topological polar surface area (TPSA) is 35.0 Å². The van der Waals surface area contributed by atoms with Crippen LogP contribution < -0.4 is 0 Å². The van der Waals surface area contributed by atoms with Gasteiger partial charge in [0.1, 0.15) is 0 Å². The normalized spacial score (nSPS) is 19.4. The van der Waals surface area contributed by atoms with Gasteiger partial charge in [0.25, 0.3) is 0 Å². The molecule has 3 heteroatoms. The van der Waals surface area contributed by atoms with Gasteiger partial charge in [-0.25, -0.2) is 9.97 Å². The van der Waals surface area contributed by atoms with Crippen LogP contribution in [0, 0.1) is 5.92 Å². The summed E-state index contributed by atoms with van der Waals surface area (Å²) in [5.41, 5.74) is 3.83. The van der Waals surface area contributed by atoms with Gasteiger partial charge in [0.2, 0.25) is 0 Å². The van der Waals surface area contributed by atoms with Crippen LogP contribution in [0.15, 0.2) is 48.8 Å². The molecule has 162 valence electrons. The highest BCUT2D eigenvalue weighted by atomic mass is 16.5. The third kappa shape index (κ3) is 7.05. The number of allylic oxidation sites excluding steroid dienone is 1. The fraction of sp³-hybridized carbons (Fsp3) is 0.556. The monoisotopic (exact) mass is 406 g/mol. The maximum absolute atomic E-state index is 5.11. The van der Waals surface area contributed by atoms with Gasteiger partial charge in [-0.1, -0.05) is 69.0 Å². The van der Waals surface area contributed by atoms with Crippen LogP contribution in [0.3, 0.4) is 0 Å². The van der Waals surface area contributed by atoms with Crippen LogP contribution in [-0.4, -0.2) is 23.7 Å². The predicted molar refractivity (Wildman–Crippen MR) is 126 cm³/mol. The molecular weight excluding hydrogens is 368 g/mol. The van der Waals surface area contributed by atoms with Gasteiger partial charge in [-0.05, 0) is 61.5 Å². The molecule has 1 aliphatic rings. The number of methoxy groups -OCH3 is 1. The molecule has 0 aliphatic heterocycles. The first-order chi connectivity index (χ1) is 14.8. The second kappa shape index (κ2) is 12.6. The third-order valence-corrected chi connectivity index (χ3v) is 6.36. The SMILES string of the molecule is CCCCCCCc1cnc(-c2ccc(C3CCC(/C=C/COC)CC3)cc2)nc1. The minimum absolute atomic E-state index is 0.683. The Morgan fingerprint density at radius 3 is 2.30 bits per heavy atom. The summed E-state index contributed by atoms with van der Waals surface area (Å²) in [5, 5.41) is 0. The van der Waals surface area contributed by atoms with Crippen molar-refractivity contribution >= 4 is 0 Å². The maximum atomic E-state index is 5.11. The Hall–Kier alpha value is -2.00. The van der Waals surface area contributed by atoms with Gasteiger partial charge in [0, 0.05) is 25.1 Å². The second-order valence-corrected chi connectivity index (χ2v) is 8.70. The zero-order chi connectivity index (χ0) is 21.0. The van der Waals surface area contributed by atoms with Gasteiger partial charge in [0.05, 0.1) is 6.61 Å². The lowest BCUT2D eigenvalue weighted by Gasteiger charge is -2.27. The average molecular weight is 407 g/mol. The molecule has 3 rings (SSSR count). The third-order valence-electron chi connectivity index (χ3n) is 6.36. The standard InChI is InChI=1S/C27H38N2O/c1-3-4-5-6-7-9-23-20-28-27(29-21-23)26-17-15-25(16-18-26)24-13-11-22(12-14-24)10-8-19-30-2/h8,10,15-18,20-22,24H,3-7,9,11-14,19H2,1-2H3/b10-8+. The van der Waals surface area contributed by atoms with Gasteiger partial charge in [0.15, 0.2) is 5.82 Å². The van der Waals surface area contributed by atoms with E-state index in [1.807, 2.05) is 12.4 Å². The van der Waals surface area contributed by atoms with E-state index in [0.29, 0.717) is 11.8 Å². The molecule has 0 amide bonds. The molecule has 3 nitrogen and oxygen atoms in total. The number of rotatable bonds is 11. The Morgan fingerprint density at radius 1 is 0.933 bits per heavy atom. The number of hydrogen-bond acceptors (Lipinski definition) is 3. The number of benzene rings is 1. The molecule has 0 radical (unpaired) electrons. The highest BCUT2D eigenvalue weighted by molar-refractivity contribution is 5.55. The number of aromatic nitrogens is 2. The molecule has 1 aromatic carbocycles. The van der Waals surface area contributed by atoms with Crippen molar-refractivity contribution in [1.29, 1.82) is 0 Å². The molecule has 1 fully saturated rings. The molecule has 2 aromatic rings. The van der Waals surface area contributed by atoms with Gasteiger partial charge < -0.3 is 4.74 Å². The van der Waals surface area contributed by atoms with Crippen LogP contribution in [-0.2, 0) is 11.2 Å². The zero-order valence-electron chi connectivity index (χ0n) is 18.9. The molecule has 0 saturated heterocycles. The van der Waals surface area contributed by atoms with E-state index < -0.39 is 0 Å². The van der Waals surface area contributed by atoms with Gasteiger partial charge >= 0.3 is 0 Å². The van der Waals surface area contributed by atoms with Crippen molar-refractivity contribution < 1.29 is 4.74 Å². The van der Waals surface area contributed by atoms with Crippen molar-refractivity contribution in [2.75, 3.05) is 13.7 Å². The van der Waals surface area contributed by atoms with E-state index >= 15 is 0 Å². The lowest BCUT2D eigenvalue weighted by molar-refractivity contribution is 0.233. The Labute approximate surface area is 183 Å². The van der Waals surface area contributed by atoms with E-state index in [9.17, 15) is 0 Å². The number of aryl methyl sites for hydroxylation is 1. The number of ether oxygens (including phenoxy) is 1. The van der Waals surface area contributed by atoms with E-state index in [2.05, 4.69) is 53.3 Å². The highest BCUT2D eigenvalue weighted by Gasteiger charge is 2.20. The van der Waals surface area contributed by atoms with Crippen molar-refractivity contribution in [3.63, 3.8) is 0 Å². The van der Waals surface area contributed by atoms with E-state index in [4.69, 9.17) is 4.74 Å². The van der Waals surface area contributed by atoms with E-state index in [1.165, 1.54) is 68.9 Å². The summed E-state index contributed by atoms with van der Waals surface area (Å²) in [7, 11) is 1.75. The van der Waals surface area contributed by atoms with E-state index in [-0.39, 0.29) is 0 Å².